The Bertz CT molecular complexity index is 217. The zero-order valence-corrected chi connectivity index (χ0v) is 7.54. The standard InChI is InChI=1S/C8H14N2O3/c1-2-3-4-5-6(11)9-8(13)10-7(5)12/h5-6,11H,2-4H2,1H3,(H2,9,10,12,13). The average molecular weight is 186 g/mol. The Morgan fingerprint density at radius 3 is 2.69 bits per heavy atom. The number of unbranched alkanes of at least 4 members (excludes halogenated alkanes) is 1. The van der Waals surface area contributed by atoms with Gasteiger partial charge in [0.2, 0.25) is 5.91 Å². The van der Waals surface area contributed by atoms with Gasteiger partial charge >= 0.3 is 6.03 Å². The molecule has 2 atom stereocenters. The summed E-state index contributed by atoms with van der Waals surface area (Å²) < 4.78 is 0. The third-order valence-electron chi connectivity index (χ3n) is 2.10. The molecule has 1 fully saturated rings. The van der Waals surface area contributed by atoms with Crippen LogP contribution in [0, 0.1) is 5.92 Å². The second-order valence-corrected chi connectivity index (χ2v) is 3.16. The van der Waals surface area contributed by atoms with Gasteiger partial charge in [0.05, 0.1) is 5.92 Å². The molecule has 1 aliphatic rings. The second kappa shape index (κ2) is 4.23. The lowest BCUT2D eigenvalue weighted by atomic mass is 9.98. The molecule has 5 nitrogen and oxygen atoms in total. The Labute approximate surface area is 76.5 Å². The summed E-state index contributed by atoms with van der Waals surface area (Å²) in [5.41, 5.74) is 0. The normalized spacial score (nSPS) is 28.2. The zero-order valence-electron chi connectivity index (χ0n) is 7.54. The van der Waals surface area contributed by atoms with Crippen molar-refractivity contribution in [1.82, 2.24) is 10.6 Å². The van der Waals surface area contributed by atoms with Crippen molar-refractivity contribution in [3.8, 4) is 0 Å². The van der Waals surface area contributed by atoms with E-state index >= 15 is 0 Å². The quantitative estimate of drug-likeness (QED) is 0.578. The molecule has 0 radical (unpaired) electrons. The Hall–Kier alpha value is -1.10. The van der Waals surface area contributed by atoms with Crippen LogP contribution in [0.3, 0.4) is 0 Å². The highest BCUT2D eigenvalue weighted by Crippen LogP contribution is 2.14. The van der Waals surface area contributed by atoms with Crippen LogP contribution in [-0.2, 0) is 4.79 Å². The molecule has 0 aromatic heterocycles. The van der Waals surface area contributed by atoms with Crippen LogP contribution in [0.5, 0.6) is 0 Å². The van der Waals surface area contributed by atoms with E-state index in [0.29, 0.717) is 6.42 Å². The van der Waals surface area contributed by atoms with Crippen LogP contribution >= 0.6 is 0 Å². The van der Waals surface area contributed by atoms with E-state index in [1.807, 2.05) is 6.92 Å². The van der Waals surface area contributed by atoms with Gasteiger partial charge in [0.25, 0.3) is 0 Å². The first-order valence-electron chi connectivity index (χ1n) is 4.44. The summed E-state index contributed by atoms with van der Waals surface area (Å²) >= 11 is 0. The largest absolute Gasteiger partial charge is 0.373 e. The molecule has 5 heteroatoms. The van der Waals surface area contributed by atoms with Gasteiger partial charge in [-0.25, -0.2) is 4.79 Å². The van der Waals surface area contributed by atoms with Gasteiger partial charge in [0.1, 0.15) is 6.23 Å². The minimum atomic E-state index is -1.03. The predicted octanol–water partition coefficient (Wildman–Crippen LogP) is -0.0494. The molecule has 1 heterocycles. The number of hydrogen-bond donors (Lipinski definition) is 3. The van der Waals surface area contributed by atoms with Crippen LogP contribution in [0.15, 0.2) is 0 Å². The van der Waals surface area contributed by atoms with Crippen molar-refractivity contribution in [3.63, 3.8) is 0 Å². The molecule has 1 aliphatic heterocycles. The van der Waals surface area contributed by atoms with E-state index in [2.05, 4.69) is 10.6 Å². The van der Waals surface area contributed by atoms with Crippen molar-refractivity contribution < 1.29 is 14.7 Å². The summed E-state index contributed by atoms with van der Waals surface area (Å²) in [6.45, 7) is 2.01. The molecule has 0 saturated carbocycles. The molecular formula is C8H14N2O3. The van der Waals surface area contributed by atoms with Gasteiger partial charge in [-0.05, 0) is 6.42 Å². The summed E-state index contributed by atoms with van der Waals surface area (Å²) in [4.78, 5) is 21.9. The molecule has 0 bridgehead atoms. The van der Waals surface area contributed by atoms with Crippen LogP contribution in [-0.4, -0.2) is 23.3 Å². The van der Waals surface area contributed by atoms with Crippen molar-refractivity contribution in [2.45, 2.75) is 32.4 Å². The number of carbonyl (C=O) groups excluding carboxylic acids is 2. The van der Waals surface area contributed by atoms with Gasteiger partial charge in [-0.3, -0.25) is 10.1 Å². The Balaban J connectivity index is 2.51. The number of nitrogens with one attached hydrogen (secondary N) is 2. The molecule has 0 aromatic carbocycles. The van der Waals surface area contributed by atoms with E-state index in [1.165, 1.54) is 0 Å². The Morgan fingerprint density at radius 2 is 2.15 bits per heavy atom. The van der Waals surface area contributed by atoms with E-state index in [-0.39, 0.29) is 5.91 Å². The fourth-order valence-corrected chi connectivity index (χ4v) is 1.33. The van der Waals surface area contributed by atoms with Gasteiger partial charge < -0.3 is 10.4 Å². The van der Waals surface area contributed by atoms with Gasteiger partial charge in [-0.1, -0.05) is 19.8 Å². The summed E-state index contributed by atoms with van der Waals surface area (Å²) in [6, 6.07) is -0.620. The SMILES string of the molecule is CCCCC1C(=O)NC(=O)NC1O. The summed E-state index contributed by atoms with van der Waals surface area (Å²) in [7, 11) is 0. The molecule has 1 rings (SSSR count). The van der Waals surface area contributed by atoms with Crippen LogP contribution < -0.4 is 10.6 Å². The van der Waals surface area contributed by atoms with Crippen molar-refractivity contribution in [2.24, 2.45) is 5.92 Å². The molecule has 2 unspecified atom stereocenters. The Kier molecular flexibility index (Phi) is 3.25. The molecule has 1 saturated heterocycles. The number of urea groups is 1. The average Bonchev–Trinajstić information content (AvgIpc) is 2.02. The summed E-state index contributed by atoms with van der Waals surface area (Å²) in [6.07, 6.45) is 1.40. The fourth-order valence-electron chi connectivity index (χ4n) is 1.33. The number of hydrogen-bond acceptors (Lipinski definition) is 3. The maximum atomic E-state index is 11.2. The lowest BCUT2D eigenvalue weighted by Crippen LogP contribution is -2.58. The monoisotopic (exact) mass is 186 g/mol. The van der Waals surface area contributed by atoms with Crippen LogP contribution in [0.25, 0.3) is 0 Å². The van der Waals surface area contributed by atoms with Gasteiger partial charge in [0, 0.05) is 0 Å². The van der Waals surface area contributed by atoms with Crippen LogP contribution in [0.1, 0.15) is 26.2 Å². The highest BCUT2D eigenvalue weighted by atomic mass is 16.3. The highest BCUT2D eigenvalue weighted by molar-refractivity contribution is 5.98. The molecule has 0 spiro atoms. The molecule has 74 valence electrons. The predicted molar refractivity (Wildman–Crippen MR) is 45.7 cm³/mol. The topological polar surface area (TPSA) is 78.4 Å². The minimum Gasteiger partial charge on any atom is -0.373 e. The van der Waals surface area contributed by atoms with E-state index in [1.54, 1.807) is 0 Å². The van der Waals surface area contributed by atoms with Gasteiger partial charge in [0.15, 0.2) is 0 Å². The van der Waals surface area contributed by atoms with Gasteiger partial charge in [-0.2, -0.15) is 0 Å². The van der Waals surface area contributed by atoms with Crippen LogP contribution in [0.2, 0.25) is 0 Å². The van der Waals surface area contributed by atoms with Crippen molar-refractivity contribution >= 4 is 11.9 Å². The van der Waals surface area contributed by atoms with E-state index in [9.17, 15) is 14.7 Å². The molecular weight excluding hydrogens is 172 g/mol. The third kappa shape index (κ3) is 2.42. The lowest BCUT2D eigenvalue weighted by molar-refractivity contribution is -0.130. The van der Waals surface area contributed by atoms with Crippen LogP contribution in [0.4, 0.5) is 4.79 Å². The summed E-state index contributed by atoms with van der Waals surface area (Å²) in [5.74, 6) is -0.887. The smallest absolute Gasteiger partial charge is 0.323 e. The van der Waals surface area contributed by atoms with E-state index < -0.39 is 18.2 Å². The van der Waals surface area contributed by atoms with Crippen molar-refractivity contribution in [3.05, 3.63) is 0 Å². The number of carbonyl (C=O) groups is 2. The molecule has 0 aromatic rings. The fraction of sp³-hybridized carbons (Fsp3) is 0.750. The van der Waals surface area contributed by atoms with Crippen molar-refractivity contribution in [1.29, 1.82) is 0 Å². The summed E-state index contributed by atoms with van der Waals surface area (Å²) in [5, 5.41) is 13.7. The first-order chi connectivity index (χ1) is 6.15. The van der Waals surface area contributed by atoms with E-state index in [0.717, 1.165) is 12.8 Å². The number of rotatable bonds is 3. The third-order valence-corrected chi connectivity index (χ3v) is 2.10. The number of aliphatic hydroxyl groups excluding tert-OH is 1. The molecule has 13 heavy (non-hydrogen) atoms. The van der Waals surface area contributed by atoms with Crippen molar-refractivity contribution in [2.75, 3.05) is 0 Å². The number of imide groups is 1. The Morgan fingerprint density at radius 1 is 1.46 bits per heavy atom. The first kappa shape index (κ1) is 9.98. The van der Waals surface area contributed by atoms with E-state index in [4.69, 9.17) is 0 Å². The number of aliphatic hydroxyl groups is 1. The van der Waals surface area contributed by atoms with Gasteiger partial charge in [-0.15, -0.1) is 0 Å². The maximum absolute atomic E-state index is 11.2. The zero-order chi connectivity index (χ0) is 9.84. The molecule has 0 aliphatic carbocycles. The molecule has 3 amide bonds. The molecule has 3 N–H and O–H groups in total. The number of amides is 3. The minimum absolute atomic E-state index is 0.385. The second-order valence-electron chi connectivity index (χ2n) is 3.16. The highest BCUT2D eigenvalue weighted by Gasteiger charge is 2.33. The lowest BCUT2D eigenvalue weighted by Gasteiger charge is -2.27. The first-order valence-corrected chi connectivity index (χ1v) is 4.44. The maximum Gasteiger partial charge on any atom is 0.323 e.